The van der Waals surface area contributed by atoms with Crippen LogP contribution in [0.5, 0.6) is 0 Å². The number of benzene rings is 1. The Bertz CT molecular complexity index is 495. The van der Waals surface area contributed by atoms with Crippen molar-refractivity contribution in [1.29, 1.82) is 0 Å². The predicted molar refractivity (Wildman–Crippen MR) is 81.5 cm³/mol. The molecule has 22 heavy (non-hydrogen) atoms. The van der Waals surface area contributed by atoms with Crippen molar-refractivity contribution in [3.8, 4) is 0 Å². The standard InChI is InChI=1S/C16H23NO5/c1-16(2,3)22-15(20)17(11-21-4)13(14(18)19)10-12-8-6-5-7-9-12/h5-9,13H,10-11H2,1-4H3,(H,18,19)/t13-/m0/s1. The second-order valence-electron chi connectivity index (χ2n) is 5.91. The number of carboxylic acids is 1. The third kappa shape index (κ3) is 5.73. The molecule has 0 fully saturated rings. The molecule has 0 bridgehead atoms. The Hall–Kier alpha value is -2.08. The fourth-order valence-corrected chi connectivity index (χ4v) is 1.90. The van der Waals surface area contributed by atoms with Crippen LogP contribution in [-0.2, 0) is 20.7 Å². The zero-order valence-electron chi connectivity index (χ0n) is 13.4. The summed E-state index contributed by atoms with van der Waals surface area (Å²) in [6.07, 6.45) is -0.531. The molecule has 1 amide bonds. The Morgan fingerprint density at radius 1 is 1.23 bits per heavy atom. The summed E-state index contributed by atoms with van der Waals surface area (Å²) >= 11 is 0. The number of carbonyl (C=O) groups excluding carboxylic acids is 1. The van der Waals surface area contributed by atoms with Gasteiger partial charge in [0.15, 0.2) is 0 Å². The van der Waals surface area contributed by atoms with Gasteiger partial charge in [-0.05, 0) is 26.3 Å². The van der Waals surface area contributed by atoms with E-state index in [2.05, 4.69) is 0 Å². The molecule has 0 heterocycles. The Kier molecular flexibility index (Phi) is 6.37. The van der Waals surface area contributed by atoms with Gasteiger partial charge in [0.25, 0.3) is 0 Å². The van der Waals surface area contributed by atoms with Gasteiger partial charge in [-0.3, -0.25) is 4.90 Å². The second-order valence-corrected chi connectivity index (χ2v) is 5.91. The molecule has 0 aromatic heterocycles. The summed E-state index contributed by atoms with van der Waals surface area (Å²) in [5.41, 5.74) is 0.110. The number of hydrogen-bond donors (Lipinski definition) is 1. The summed E-state index contributed by atoms with van der Waals surface area (Å²) in [7, 11) is 1.40. The molecule has 0 aliphatic heterocycles. The number of ether oxygens (including phenoxy) is 2. The largest absolute Gasteiger partial charge is 0.480 e. The Balaban J connectivity index is 2.96. The molecule has 1 aromatic rings. The van der Waals surface area contributed by atoms with Gasteiger partial charge in [-0.15, -0.1) is 0 Å². The second kappa shape index (κ2) is 7.79. The maximum absolute atomic E-state index is 12.2. The number of aliphatic carboxylic acids is 1. The van der Waals surface area contributed by atoms with Crippen molar-refractivity contribution in [2.45, 2.75) is 38.8 Å². The molecular weight excluding hydrogens is 286 g/mol. The minimum Gasteiger partial charge on any atom is -0.480 e. The van der Waals surface area contributed by atoms with Crippen LogP contribution in [0.15, 0.2) is 30.3 Å². The zero-order chi connectivity index (χ0) is 16.8. The van der Waals surface area contributed by atoms with Gasteiger partial charge < -0.3 is 14.6 Å². The van der Waals surface area contributed by atoms with Crippen molar-refractivity contribution < 1.29 is 24.2 Å². The molecule has 1 aromatic carbocycles. The first-order valence-electron chi connectivity index (χ1n) is 7.00. The summed E-state index contributed by atoms with van der Waals surface area (Å²) in [5, 5.41) is 9.47. The van der Waals surface area contributed by atoms with Crippen LogP contribution in [0.1, 0.15) is 26.3 Å². The lowest BCUT2D eigenvalue weighted by atomic mass is 10.1. The van der Waals surface area contributed by atoms with E-state index in [9.17, 15) is 14.7 Å². The fraction of sp³-hybridized carbons (Fsp3) is 0.500. The normalized spacial score (nSPS) is 12.5. The minimum absolute atomic E-state index is 0.154. The molecule has 1 rings (SSSR count). The van der Waals surface area contributed by atoms with E-state index in [1.807, 2.05) is 30.3 Å². The molecule has 0 spiro atoms. The van der Waals surface area contributed by atoms with Gasteiger partial charge in [-0.2, -0.15) is 0 Å². The number of methoxy groups -OCH3 is 1. The number of carboxylic acid groups (broad SMARTS) is 1. The molecule has 0 radical (unpaired) electrons. The van der Waals surface area contributed by atoms with Crippen molar-refractivity contribution in [1.82, 2.24) is 4.90 Å². The van der Waals surface area contributed by atoms with E-state index in [1.54, 1.807) is 20.8 Å². The van der Waals surface area contributed by atoms with Gasteiger partial charge in [-0.25, -0.2) is 9.59 Å². The zero-order valence-corrected chi connectivity index (χ0v) is 13.4. The Labute approximate surface area is 130 Å². The predicted octanol–water partition coefficient (Wildman–Crippen LogP) is 2.52. The van der Waals surface area contributed by atoms with E-state index in [1.165, 1.54) is 7.11 Å². The summed E-state index contributed by atoms with van der Waals surface area (Å²) in [4.78, 5) is 24.9. The maximum atomic E-state index is 12.2. The molecule has 122 valence electrons. The monoisotopic (exact) mass is 309 g/mol. The highest BCUT2D eigenvalue weighted by Crippen LogP contribution is 2.15. The van der Waals surface area contributed by atoms with Gasteiger partial charge in [0.2, 0.25) is 0 Å². The molecule has 1 N–H and O–H groups in total. The highest BCUT2D eigenvalue weighted by atomic mass is 16.6. The number of hydrogen-bond acceptors (Lipinski definition) is 4. The molecule has 6 nitrogen and oxygen atoms in total. The van der Waals surface area contributed by atoms with Crippen LogP contribution < -0.4 is 0 Å². The summed E-state index contributed by atoms with van der Waals surface area (Å²) < 4.78 is 10.2. The SMILES string of the molecule is COCN(C(=O)OC(C)(C)C)[C@@H](Cc1ccccc1)C(=O)O. The van der Waals surface area contributed by atoms with Crippen molar-refractivity contribution in [3.05, 3.63) is 35.9 Å². The molecule has 0 saturated carbocycles. The molecule has 0 saturated heterocycles. The smallest absolute Gasteiger partial charge is 0.412 e. The fourth-order valence-electron chi connectivity index (χ4n) is 1.90. The third-order valence-corrected chi connectivity index (χ3v) is 2.83. The Morgan fingerprint density at radius 3 is 2.27 bits per heavy atom. The molecule has 0 aliphatic carbocycles. The van der Waals surface area contributed by atoms with Crippen LogP contribution in [0.25, 0.3) is 0 Å². The number of carbonyl (C=O) groups is 2. The van der Waals surface area contributed by atoms with Crippen LogP contribution >= 0.6 is 0 Å². The minimum atomic E-state index is -1.10. The first-order valence-corrected chi connectivity index (χ1v) is 7.00. The van der Waals surface area contributed by atoms with Crippen LogP contribution in [0.4, 0.5) is 4.79 Å². The van der Waals surface area contributed by atoms with Gasteiger partial charge >= 0.3 is 12.1 Å². The van der Waals surface area contributed by atoms with Crippen molar-refractivity contribution in [2.24, 2.45) is 0 Å². The van der Waals surface area contributed by atoms with Gasteiger partial charge in [0.1, 0.15) is 18.4 Å². The molecule has 0 aliphatic rings. The van der Waals surface area contributed by atoms with Crippen LogP contribution in [-0.4, -0.2) is 47.6 Å². The maximum Gasteiger partial charge on any atom is 0.412 e. The van der Waals surface area contributed by atoms with Gasteiger partial charge in [-0.1, -0.05) is 30.3 Å². The van der Waals surface area contributed by atoms with E-state index < -0.39 is 23.7 Å². The molecule has 1 atom stereocenters. The number of rotatable bonds is 6. The quantitative estimate of drug-likeness (QED) is 0.817. The van der Waals surface area contributed by atoms with Gasteiger partial charge in [0, 0.05) is 13.5 Å². The van der Waals surface area contributed by atoms with E-state index in [4.69, 9.17) is 9.47 Å². The molecule has 0 unspecified atom stereocenters. The van der Waals surface area contributed by atoms with E-state index in [0.29, 0.717) is 0 Å². The average Bonchev–Trinajstić information content (AvgIpc) is 2.41. The third-order valence-electron chi connectivity index (χ3n) is 2.83. The Morgan fingerprint density at radius 2 is 1.82 bits per heavy atom. The first-order chi connectivity index (χ1) is 10.2. The van der Waals surface area contributed by atoms with Crippen molar-refractivity contribution in [2.75, 3.05) is 13.8 Å². The first kappa shape index (κ1) is 18.0. The topological polar surface area (TPSA) is 76.1 Å². The van der Waals surface area contributed by atoms with E-state index in [-0.39, 0.29) is 13.2 Å². The lowest BCUT2D eigenvalue weighted by Gasteiger charge is -2.30. The summed E-state index contributed by atoms with van der Waals surface area (Å²) in [5.74, 6) is -1.10. The van der Waals surface area contributed by atoms with Gasteiger partial charge in [0.05, 0.1) is 0 Å². The van der Waals surface area contributed by atoms with Crippen molar-refractivity contribution in [3.63, 3.8) is 0 Å². The van der Waals surface area contributed by atoms with Crippen LogP contribution in [0.3, 0.4) is 0 Å². The van der Waals surface area contributed by atoms with Crippen LogP contribution in [0, 0.1) is 0 Å². The lowest BCUT2D eigenvalue weighted by Crippen LogP contribution is -2.49. The lowest BCUT2D eigenvalue weighted by molar-refractivity contribution is -0.145. The molecule has 6 heteroatoms. The highest BCUT2D eigenvalue weighted by Gasteiger charge is 2.33. The summed E-state index contributed by atoms with van der Waals surface area (Å²) in [6, 6.07) is 8.06. The van der Waals surface area contributed by atoms with Crippen LogP contribution in [0.2, 0.25) is 0 Å². The van der Waals surface area contributed by atoms with E-state index >= 15 is 0 Å². The molecular formula is C16H23NO5. The highest BCUT2D eigenvalue weighted by molar-refractivity contribution is 5.80. The van der Waals surface area contributed by atoms with E-state index in [0.717, 1.165) is 10.5 Å². The van der Waals surface area contributed by atoms with Crippen molar-refractivity contribution >= 4 is 12.1 Å². The number of amides is 1. The number of nitrogens with zero attached hydrogens (tertiary/aromatic N) is 1. The summed E-state index contributed by atoms with van der Waals surface area (Å²) in [6.45, 7) is 5.02. The average molecular weight is 309 g/mol.